The van der Waals surface area contributed by atoms with Crippen LogP contribution in [0.1, 0.15) is 33.6 Å². The molecule has 0 saturated carbocycles. The highest BCUT2D eigenvalue weighted by atomic mass is 16.5. The highest BCUT2D eigenvalue weighted by Gasteiger charge is 2.28. The lowest BCUT2D eigenvalue weighted by molar-refractivity contribution is 0.0303. The van der Waals surface area contributed by atoms with Gasteiger partial charge in [0.25, 0.3) is 5.91 Å². The van der Waals surface area contributed by atoms with E-state index in [1.807, 2.05) is 41.3 Å². The third kappa shape index (κ3) is 4.07. The van der Waals surface area contributed by atoms with E-state index < -0.39 is 0 Å². The summed E-state index contributed by atoms with van der Waals surface area (Å²) in [4.78, 5) is 34.0. The second-order valence-corrected chi connectivity index (χ2v) is 7.32. The minimum absolute atomic E-state index is 0.0147. The van der Waals surface area contributed by atoms with Gasteiger partial charge in [-0.25, -0.2) is 4.98 Å². The predicted octanol–water partition coefficient (Wildman–Crippen LogP) is 2.65. The zero-order valence-corrected chi connectivity index (χ0v) is 15.9. The molecule has 0 unspecified atom stereocenters. The van der Waals surface area contributed by atoms with Gasteiger partial charge in [0.15, 0.2) is 5.78 Å². The van der Waals surface area contributed by atoms with E-state index in [0.717, 1.165) is 30.8 Å². The molecule has 0 radical (unpaired) electrons. The molecule has 0 aliphatic carbocycles. The minimum Gasteiger partial charge on any atom is -0.378 e. The maximum atomic E-state index is 12.8. The van der Waals surface area contributed by atoms with Crippen molar-refractivity contribution in [3.05, 3.63) is 59.8 Å². The molecule has 2 aliphatic rings. The molecule has 2 aromatic rings. The average Bonchev–Trinajstić information content (AvgIpc) is 2.79. The van der Waals surface area contributed by atoms with Crippen molar-refractivity contribution < 1.29 is 14.3 Å². The number of nitrogens with zero attached hydrogens (tertiary/aromatic N) is 3. The molecular formula is C22H25N3O3. The highest BCUT2D eigenvalue weighted by Crippen LogP contribution is 2.25. The average molecular weight is 379 g/mol. The first-order valence-electron chi connectivity index (χ1n) is 9.89. The molecule has 0 spiro atoms. The predicted molar refractivity (Wildman–Crippen MR) is 107 cm³/mol. The maximum Gasteiger partial charge on any atom is 0.254 e. The number of carbonyl (C=O) groups is 2. The SMILES string of the molecule is O=C(c1ccccc1)[C@H]1CCCN(c2cc(C(=O)N3CCOCC3)ccn2)C1. The molecule has 1 atom stereocenters. The summed E-state index contributed by atoms with van der Waals surface area (Å²) < 4.78 is 5.33. The summed E-state index contributed by atoms with van der Waals surface area (Å²) in [5, 5.41) is 0. The van der Waals surface area contributed by atoms with Crippen molar-refractivity contribution in [2.24, 2.45) is 5.92 Å². The first-order valence-corrected chi connectivity index (χ1v) is 9.89. The minimum atomic E-state index is -0.0449. The molecule has 0 N–H and O–H groups in total. The number of anilines is 1. The topological polar surface area (TPSA) is 62.7 Å². The number of pyridine rings is 1. The van der Waals surface area contributed by atoms with Gasteiger partial charge in [0.2, 0.25) is 0 Å². The van der Waals surface area contributed by atoms with E-state index >= 15 is 0 Å². The van der Waals surface area contributed by atoms with E-state index in [0.29, 0.717) is 38.4 Å². The number of Topliss-reactive ketones (excluding diaryl/α,β-unsaturated/α-hetero) is 1. The smallest absolute Gasteiger partial charge is 0.254 e. The van der Waals surface area contributed by atoms with Crippen LogP contribution in [0, 0.1) is 5.92 Å². The molecule has 0 bridgehead atoms. The molecule has 2 aliphatic heterocycles. The quantitative estimate of drug-likeness (QED) is 0.765. The van der Waals surface area contributed by atoms with Gasteiger partial charge in [0, 0.05) is 49.4 Å². The standard InChI is InChI=1S/C22H25N3O3/c26-21(17-5-2-1-3-6-17)19-7-4-10-25(16-19)20-15-18(8-9-23-20)22(27)24-11-13-28-14-12-24/h1-3,5-6,8-9,15,19H,4,7,10-14,16H2/t19-/m0/s1. The number of hydrogen-bond donors (Lipinski definition) is 0. The van der Waals surface area contributed by atoms with Gasteiger partial charge in [-0.05, 0) is 25.0 Å². The molecule has 1 aromatic heterocycles. The summed E-state index contributed by atoms with van der Waals surface area (Å²) in [6.45, 7) is 3.89. The Balaban J connectivity index is 1.48. The Kier molecular flexibility index (Phi) is 5.67. The Bertz CT molecular complexity index is 834. The number of hydrogen-bond acceptors (Lipinski definition) is 5. The molecule has 2 saturated heterocycles. The van der Waals surface area contributed by atoms with E-state index in [1.165, 1.54) is 0 Å². The van der Waals surface area contributed by atoms with E-state index in [2.05, 4.69) is 9.88 Å². The largest absolute Gasteiger partial charge is 0.378 e. The van der Waals surface area contributed by atoms with Crippen molar-refractivity contribution in [2.45, 2.75) is 12.8 Å². The second-order valence-electron chi connectivity index (χ2n) is 7.32. The lowest BCUT2D eigenvalue weighted by Gasteiger charge is -2.33. The van der Waals surface area contributed by atoms with Crippen LogP contribution in [-0.2, 0) is 4.74 Å². The monoisotopic (exact) mass is 379 g/mol. The van der Waals surface area contributed by atoms with Gasteiger partial charge in [-0.1, -0.05) is 30.3 Å². The Morgan fingerprint density at radius 3 is 2.57 bits per heavy atom. The first-order chi connectivity index (χ1) is 13.7. The third-order valence-electron chi connectivity index (χ3n) is 5.47. The summed E-state index contributed by atoms with van der Waals surface area (Å²) in [5.74, 6) is 0.924. The number of ketones is 1. The third-order valence-corrected chi connectivity index (χ3v) is 5.47. The van der Waals surface area contributed by atoms with Crippen LogP contribution in [0.3, 0.4) is 0 Å². The van der Waals surface area contributed by atoms with E-state index in [-0.39, 0.29) is 17.6 Å². The van der Waals surface area contributed by atoms with Crippen molar-refractivity contribution in [2.75, 3.05) is 44.3 Å². The van der Waals surface area contributed by atoms with Gasteiger partial charge in [-0.3, -0.25) is 9.59 Å². The van der Waals surface area contributed by atoms with Crippen LogP contribution in [0.15, 0.2) is 48.7 Å². The molecule has 1 aromatic carbocycles. The summed E-state index contributed by atoms with van der Waals surface area (Å²) in [7, 11) is 0. The second kappa shape index (κ2) is 8.52. The summed E-state index contributed by atoms with van der Waals surface area (Å²) >= 11 is 0. The van der Waals surface area contributed by atoms with Crippen LogP contribution in [0.2, 0.25) is 0 Å². The van der Waals surface area contributed by atoms with Gasteiger partial charge in [0.1, 0.15) is 5.82 Å². The Morgan fingerprint density at radius 2 is 1.79 bits per heavy atom. The molecule has 6 nitrogen and oxygen atoms in total. The maximum absolute atomic E-state index is 12.8. The fourth-order valence-electron chi connectivity index (χ4n) is 3.91. The van der Waals surface area contributed by atoms with E-state index in [9.17, 15) is 9.59 Å². The molecule has 1 amide bonds. The number of amides is 1. The van der Waals surface area contributed by atoms with Crippen molar-refractivity contribution >= 4 is 17.5 Å². The lowest BCUT2D eigenvalue weighted by Crippen LogP contribution is -2.41. The number of morpholine rings is 1. The molecule has 4 rings (SSSR count). The van der Waals surface area contributed by atoms with Crippen molar-refractivity contribution in [3.63, 3.8) is 0 Å². The van der Waals surface area contributed by atoms with Crippen LogP contribution < -0.4 is 4.90 Å². The van der Waals surface area contributed by atoms with Crippen molar-refractivity contribution in [1.29, 1.82) is 0 Å². The van der Waals surface area contributed by atoms with Gasteiger partial charge in [-0.15, -0.1) is 0 Å². The van der Waals surface area contributed by atoms with Crippen LogP contribution >= 0.6 is 0 Å². The summed E-state index contributed by atoms with van der Waals surface area (Å²) in [6, 6.07) is 13.1. The van der Waals surface area contributed by atoms with Gasteiger partial charge >= 0.3 is 0 Å². The van der Waals surface area contributed by atoms with Gasteiger partial charge < -0.3 is 14.5 Å². The number of carbonyl (C=O) groups excluding carboxylic acids is 2. The Labute approximate surface area is 165 Å². The first kappa shape index (κ1) is 18.6. The van der Waals surface area contributed by atoms with E-state index in [1.54, 1.807) is 12.3 Å². The number of benzene rings is 1. The molecule has 3 heterocycles. The van der Waals surface area contributed by atoms with Crippen LogP contribution in [0.25, 0.3) is 0 Å². The highest BCUT2D eigenvalue weighted by molar-refractivity contribution is 5.98. The van der Waals surface area contributed by atoms with Crippen LogP contribution in [-0.4, -0.2) is 61.0 Å². The van der Waals surface area contributed by atoms with E-state index in [4.69, 9.17) is 4.74 Å². The van der Waals surface area contributed by atoms with Gasteiger partial charge in [0.05, 0.1) is 13.2 Å². The van der Waals surface area contributed by atoms with Crippen molar-refractivity contribution in [1.82, 2.24) is 9.88 Å². The summed E-state index contributed by atoms with van der Waals surface area (Å²) in [6.07, 6.45) is 3.51. The van der Waals surface area contributed by atoms with Crippen LogP contribution in [0.4, 0.5) is 5.82 Å². The van der Waals surface area contributed by atoms with Crippen LogP contribution in [0.5, 0.6) is 0 Å². The van der Waals surface area contributed by atoms with Crippen molar-refractivity contribution in [3.8, 4) is 0 Å². The Hall–Kier alpha value is -2.73. The normalized spacial score (nSPS) is 20.1. The molecular weight excluding hydrogens is 354 g/mol. The summed E-state index contributed by atoms with van der Waals surface area (Å²) in [5.41, 5.74) is 1.40. The number of rotatable bonds is 4. The zero-order valence-electron chi connectivity index (χ0n) is 15.9. The van der Waals surface area contributed by atoms with Gasteiger partial charge in [-0.2, -0.15) is 0 Å². The molecule has 146 valence electrons. The fourth-order valence-corrected chi connectivity index (χ4v) is 3.91. The molecule has 2 fully saturated rings. The fraction of sp³-hybridized carbons (Fsp3) is 0.409. The Morgan fingerprint density at radius 1 is 1.00 bits per heavy atom. The lowest BCUT2D eigenvalue weighted by atomic mass is 9.90. The molecule has 28 heavy (non-hydrogen) atoms. The number of piperidine rings is 1. The number of ether oxygens (including phenoxy) is 1. The number of aromatic nitrogens is 1. The molecule has 6 heteroatoms. The zero-order chi connectivity index (χ0) is 19.3.